The number of ether oxygens (including phenoxy) is 1. The minimum atomic E-state index is -0.00774. The van der Waals surface area contributed by atoms with Crippen molar-refractivity contribution in [3.63, 3.8) is 0 Å². The van der Waals surface area contributed by atoms with Crippen LogP contribution in [0.1, 0.15) is 70.8 Å². The SMILES string of the molecule is CCCCCCCCN1C(=O)C(=Cc2cn(-c3ccccc3)nc2-c2ccc(OCCCC)cc2)SC1=S. The molecule has 0 unspecified atom stereocenters. The van der Waals surface area contributed by atoms with Gasteiger partial charge in [-0.15, -0.1) is 0 Å². The standard InChI is InChI=1S/C31H37N3O2S2/c1-3-5-7-8-9-13-20-33-30(35)28(38-31(33)37)22-25-23-34(26-14-11-10-12-15-26)32-29(25)24-16-18-27(19-17-24)36-21-6-4-2/h10-12,14-19,22-23H,3-9,13,20-21H2,1-2H3. The topological polar surface area (TPSA) is 47.4 Å². The second kappa shape index (κ2) is 14.3. The van der Waals surface area contributed by atoms with Crippen molar-refractivity contribution >= 4 is 40.3 Å². The molecule has 1 aromatic heterocycles. The number of unbranched alkanes of at least 4 members (excludes halogenated alkanes) is 6. The molecule has 2 heterocycles. The van der Waals surface area contributed by atoms with Gasteiger partial charge in [-0.1, -0.05) is 94.6 Å². The average molecular weight is 548 g/mol. The normalized spacial score (nSPS) is 14.6. The Morgan fingerprint density at radius 2 is 1.63 bits per heavy atom. The Labute approximate surface area is 236 Å². The van der Waals surface area contributed by atoms with Gasteiger partial charge in [0, 0.05) is 23.9 Å². The molecule has 38 heavy (non-hydrogen) atoms. The molecule has 0 aliphatic carbocycles. The van der Waals surface area contributed by atoms with E-state index in [-0.39, 0.29) is 5.91 Å². The zero-order valence-electron chi connectivity index (χ0n) is 22.4. The first kappa shape index (κ1) is 28.1. The fourth-order valence-electron chi connectivity index (χ4n) is 4.36. The first-order chi connectivity index (χ1) is 18.6. The molecule has 1 aliphatic rings. The van der Waals surface area contributed by atoms with Crippen LogP contribution in [0.15, 0.2) is 65.7 Å². The third-order valence-electron chi connectivity index (χ3n) is 6.55. The van der Waals surface area contributed by atoms with Crippen molar-refractivity contribution in [1.29, 1.82) is 0 Å². The molecular formula is C31H37N3O2S2. The highest BCUT2D eigenvalue weighted by molar-refractivity contribution is 8.26. The summed E-state index contributed by atoms with van der Waals surface area (Å²) in [6.45, 7) is 5.77. The molecule has 0 spiro atoms. The summed E-state index contributed by atoms with van der Waals surface area (Å²) in [4.78, 5) is 15.7. The molecule has 1 amide bonds. The van der Waals surface area contributed by atoms with Gasteiger partial charge >= 0.3 is 0 Å². The number of benzene rings is 2. The number of rotatable bonds is 14. The van der Waals surface area contributed by atoms with Crippen molar-refractivity contribution in [2.24, 2.45) is 0 Å². The summed E-state index contributed by atoms with van der Waals surface area (Å²) in [6.07, 6.45) is 13.1. The lowest BCUT2D eigenvalue weighted by molar-refractivity contribution is -0.122. The molecule has 0 bridgehead atoms. The van der Waals surface area contributed by atoms with Crippen molar-refractivity contribution in [1.82, 2.24) is 14.7 Å². The lowest BCUT2D eigenvalue weighted by Crippen LogP contribution is -2.29. The summed E-state index contributed by atoms with van der Waals surface area (Å²) in [6, 6.07) is 18.0. The van der Waals surface area contributed by atoms with E-state index in [0.29, 0.717) is 22.4 Å². The van der Waals surface area contributed by atoms with Gasteiger partial charge in [0.05, 0.1) is 22.9 Å². The van der Waals surface area contributed by atoms with Crippen LogP contribution in [0.4, 0.5) is 0 Å². The van der Waals surface area contributed by atoms with Gasteiger partial charge in [0.15, 0.2) is 0 Å². The first-order valence-corrected chi connectivity index (χ1v) is 15.0. The molecule has 200 valence electrons. The minimum Gasteiger partial charge on any atom is -0.494 e. The van der Waals surface area contributed by atoms with E-state index in [9.17, 15) is 4.79 Å². The zero-order chi connectivity index (χ0) is 26.7. The molecule has 7 heteroatoms. The fraction of sp³-hybridized carbons (Fsp3) is 0.387. The predicted molar refractivity (Wildman–Crippen MR) is 163 cm³/mol. The summed E-state index contributed by atoms with van der Waals surface area (Å²) < 4.78 is 8.35. The van der Waals surface area contributed by atoms with Gasteiger partial charge in [0.25, 0.3) is 5.91 Å². The molecule has 1 aliphatic heterocycles. The van der Waals surface area contributed by atoms with Gasteiger partial charge < -0.3 is 4.74 Å². The van der Waals surface area contributed by atoms with Gasteiger partial charge in [-0.2, -0.15) is 5.10 Å². The molecule has 1 saturated heterocycles. The Balaban J connectivity index is 1.55. The highest BCUT2D eigenvalue weighted by Gasteiger charge is 2.32. The lowest BCUT2D eigenvalue weighted by atomic mass is 10.1. The summed E-state index contributed by atoms with van der Waals surface area (Å²) in [5.74, 6) is 0.841. The number of thiocarbonyl (C=S) groups is 1. The number of amides is 1. The highest BCUT2D eigenvalue weighted by Crippen LogP contribution is 2.35. The number of carbonyl (C=O) groups is 1. The molecule has 0 saturated carbocycles. The molecule has 0 N–H and O–H groups in total. The maximum atomic E-state index is 13.3. The van der Waals surface area contributed by atoms with Crippen LogP contribution in [0.2, 0.25) is 0 Å². The number of aromatic nitrogens is 2. The zero-order valence-corrected chi connectivity index (χ0v) is 24.0. The molecule has 2 aromatic carbocycles. The largest absolute Gasteiger partial charge is 0.494 e. The Kier molecular flexibility index (Phi) is 10.6. The Morgan fingerprint density at radius 1 is 0.921 bits per heavy atom. The van der Waals surface area contributed by atoms with Crippen molar-refractivity contribution in [3.8, 4) is 22.7 Å². The number of hydrogen-bond donors (Lipinski definition) is 0. The Hall–Kier alpha value is -2.90. The van der Waals surface area contributed by atoms with Crippen LogP contribution < -0.4 is 4.74 Å². The maximum Gasteiger partial charge on any atom is 0.266 e. The van der Waals surface area contributed by atoms with E-state index in [2.05, 4.69) is 13.8 Å². The summed E-state index contributed by atoms with van der Waals surface area (Å²) in [5, 5.41) is 4.91. The summed E-state index contributed by atoms with van der Waals surface area (Å²) in [5.41, 5.74) is 3.63. The second-order valence-corrected chi connectivity index (χ2v) is 11.2. The smallest absolute Gasteiger partial charge is 0.266 e. The lowest BCUT2D eigenvalue weighted by Gasteiger charge is -2.13. The molecule has 0 atom stereocenters. The molecule has 4 rings (SSSR count). The molecule has 0 radical (unpaired) electrons. The number of para-hydroxylation sites is 1. The average Bonchev–Trinajstić information content (AvgIpc) is 3.48. The molecule has 1 fully saturated rings. The third-order valence-corrected chi connectivity index (χ3v) is 7.93. The van der Waals surface area contributed by atoms with Crippen LogP contribution in [0.3, 0.4) is 0 Å². The van der Waals surface area contributed by atoms with E-state index >= 15 is 0 Å². The highest BCUT2D eigenvalue weighted by atomic mass is 32.2. The van der Waals surface area contributed by atoms with E-state index in [1.807, 2.05) is 71.6 Å². The number of nitrogens with zero attached hydrogens (tertiary/aromatic N) is 3. The molecule has 5 nitrogen and oxygen atoms in total. The minimum absolute atomic E-state index is 0.00774. The van der Waals surface area contributed by atoms with Crippen molar-refractivity contribution in [2.45, 2.75) is 65.2 Å². The van der Waals surface area contributed by atoms with E-state index in [4.69, 9.17) is 22.1 Å². The van der Waals surface area contributed by atoms with Crippen LogP contribution in [-0.4, -0.2) is 38.1 Å². The molecular weight excluding hydrogens is 510 g/mol. The number of thioether (sulfide) groups is 1. The van der Waals surface area contributed by atoms with E-state index in [0.717, 1.165) is 53.9 Å². The first-order valence-electron chi connectivity index (χ1n) is 13.7. The van der Waals surface area contributed by atoms with Crippen molar-refractivity contribution in [3.05, 3.63) is 71.3 Å². The van der Waals surface area contributed by atoms with Crippen LogP contribution in [0.25, 0.3) is 23.0 Å². The summed E-state index contributed by atoms with van der Waals surface area (Å²) >= 11 is 6.97. The quantitative estimate of drug-likeness (QED) is 0.115. The monoisotopic (exact) mass is 547 g/mol. The predicted octanol–water partition coefficient (Wildman–Crippen LogP) is 8.28. The second-order valence-electron chi connectivity index (χ2n) is 9.54. The maximum absolute atomic E-state index is 13.3. The Bertz CT molecular complexity index is 1240. The Morgan fingerprint density at radius 3 is 2.37 bits per heavy atom. The van der Waals surface area contributed by atoms with Crippen LogP contribution in [-0.2, 0) is 4.79 Å². The van der Waals surface area contributed by atoms with E-state index < -0.39 is 0 Å². The number of hydrogen-bond acceptors (Lipinski definition) is 5. The van der Waals surface area contributed by atoms with Crippen LogP contribution in [0.5, 0.6) is 5.75 Å². The van der Waals surface area contributed by atoms with Crippen molar-refractivity contribution < 1.29 is 9.53 Å². The van der Waals surface area contributed by atoms with Gasteiger partial charge in [0.1, 0.15) is 10.1 Å². The van der Waals surface area contributed by atoms with Gasteiger partial charge in [-0.05, 0) is 55.3 Å². The summed E-state index contributed by atoms with van der Waals surface area (Å²) in [7, 11) is 0. The molecule has 3 aromatic rings. The van der Waals surface area contributed by atoms with Gasteiger partial charge in [-0.25, -0.2) is 4.68 Å². The van der Waals surface area contributed by atoms with Crippen LogP contribution >= 0.6 is 24.0 Å². The number of carbonyl (C=O) groups excluding carboxylic acids is 1. The fourth-order valence-corrected chi connectivity index (χ4v) is 5.66. The third kappa shape index (κ3) is 7.35. The van der Waals surface area contributed by atoms with Gasteiger partial charge in [-0.3, -0.25) is 9.69 Å². The van der Waals surface area contributed by atoms with E-state index in [1.165, 1.54) is 37.4 Å². The van der Waals surface area contributed by atoms with Gasteiger partial charge in [0.2, 0.25) is 0 Å². The van der Waals surface area contributed by atoms with Crippen molar-refractivity contribution in [2.75, 3.05) is 13.2 Å². The van der Waals surface area contributed by atoms with E-state index in [1.54, 1.807) is 4.90 Å². The van der Waals surface area contributed by atoms with Crippen LogP contribution in [0, 0.1) is 0 Å².